The first kappa shape index (κ1) is 11.0. The minimum Gasteiger partial charge on any atom is -0.288 e. The van der Waals surface area contributed by atoms with E-state index in [1.807, 2.05) is 0 Å². The molecular weight excluding hydrogens is 278 g/mol. The number of anilines is 1. The molecule has 4 nitrogen and oxygen atoms in total. The first-order valence-electron chi connectivity index (χ1n) is 4.90. The summed E-state index contributed by atoms with van der Waals surface area (Å²) in [4.78, 5) is 8.09. The lowest BCUT2D eigenvalue weighted by molar-refractivity contribution is 0.673. The molecule has 1 heterocycles. The second-order valence-corrected chi connectivity index (χ2v) is 5.81. The molecule has 15 heavy (non-hydrogen) atoms. The summed E-state index contributed by atoms with van der Waals surface area (Å²) in [6, 6.07) is 0. The van der Waals surface area contributed by atoms with Crippen molar-refractivity contribution in [3.05, 3.63) is 17.0 Å². The second kappa shape index (κ2) is 5.03. The monoisotopic (exact) mass is 289 g/mol. The van der Waals surface area contributed by atoms with Gasteiger partial charge in [0.25, 0.3) is 0 Å². The summed E-state index contributed by atoms with van der Waals surface area (Å²) in [5.74, 6) is 0.573. The van der Waals surface area contributed by atoms with Crippen molar-refractivity contribution in [2.24, 2.45) is 0 Å². The zero-order valence-electron chi connectivity index (χ0n) is 8.15. The average molecular weight is 290 g/mol. The number of hydrogen-bond donors (Lipinski definition) is 1. The number of nitrogens with one attached hydrogen (secondary N) is 1. The summed E-state index contributed by atoms with van der Waals surface area (Å²) in [7, 11) is -1.02. The molecule has 1 saturated carbocycles. The van der Waals surface area contributed by atoms with Crippen molar-refractivity contribution < 1.29 is 4.21 Å². The minimum atomic E-state index is -1.02. The predicted octanol–water partition coefficient (Wildman–Crippen LogP) is 2.26. The summed E-state index contributed by atoms with van der Waals surface area (Å²) in [5.41, 5.74) is 0. The van der Waals surface area contributed by atoms with Crippen molar-refractivity contribution in [3.63, 3.8) is 0 Å². The van der Waals surface area contributed by atoms with E-state index in [1.54, 1.807) is 12.4 Å². The Hall–Kier alpha value is -0.490. The van der Waals surface area contributed by atoms with Crippen LogP contribution in [0.15, 0.2) is 17.0 Å². The molecule has 0 amide bonds. The molecule has 0 aliphatic heterocycles. The molecule has 0 spiro atoms. The molecule has 1 unspecified atom stereocenters. The van der Waals surface area contributed by atoms with E-state index < -0.39 is 11.0 Å². The molecule has 1 fully saturated rings. The molecule has 1 N–H and O–H groups in total. The van der Waals surface area contributed by atoms with Gasteiger partial charge in [-0.15, -0.1) is 0 Å². The van der Waals surface area contributed by atoms with Gasteiger partial charge in [0.2, 0.25) is 0 Å². The molecule has 82 valence electrons. The Kier molecular flexibility index (Phi) is 3.69. The van der Waals surface area contributed by atoms with Gasteiger partial charge in [0.1, 0.15) is 15.6 Å². The number of hydrogen-bond acceptors (Lipinski definition) is 3. The molecule has 1 aliphatic carbocycles. The van der Waals surface area contributed by atoms with Crippen LogP contribution in [0.4, 0.5) is 5.82 Å². The number of halogens is 1. The van der Waals surface area contributed by atoms with Gasteiger partial charge in [-0.05, 0) is 28.8 Å². The quantitative estimate of drug-likeness (QED) is 0.929. The first-order chi connectivity index (χ1) is 7.25. The van der Waals surface area contributed by atoms with Crippen molar-refractivity contribution in [1.29, 1.82) is 0 Å². The van der Waals surface area contributed by atoms with Crippen LogP contribution < -0.4 is 4.72 Å². The summed E-state index contributed by atoms with van der Waals surface area (Å²) in [6.45, 7) is 0. The number of aromatic nitrogens is 2. The van der Waals surface area contributed by atoms with Crippen LogP contribution in [0.5, 0.6) is 0 Å². The maximum Gasteiger partial charge on any atom is 0.156 e. The third-order valence-corrected chi connectivity index (χ3v) is 4.33. The number of nitrogens with zero attached hydrogens (tertiary/aromatic N) is 2. The van der Waals surface area contributed by atoms with Gasteiger partial charge in [-0.25, -0.2) is 14.2 Å². The van der Waals surface area contributed by atoms with E-state index in [1.165, 1.54) is 12.8 Å². The molecular formula is C9H12BrN3OS. The van der Waals surface area contributed by atoms with E-state index in [0.29, 0.717) is 10.4 Å². The summed E-state index contributed by atoms with van der Waals surface area (Å²) < 4.78 is 15.4. The summed E-state index contributed by atoms with van der Waals surface area (Å²) in [6.07, 6.45) is 7.63. The van der Waals surface area contributed by atoms with E-state index in [9.17, 15) is 4.21 Å². The van der Waals surface area contributed by atoms with Gasteiger partial charge >= 0.3 is 0 Å². The van der Waals surface area contributed by atoms with Crippen LogP contribution in [0.25, 0.3) is 0 Å². The lowest BCUT2D eigenvalue weighted by Crippen LogP contribution is -2.18. The molecule has 2 rings (SSSR count). The molecule has 6 heteroatoms. The van der Waals surface area contributed by atoms with E-state index in [-0.39, 0.29) is 5.25 Å². The van der Waals surface area contributed by atoms with Crippen LogP contribution in [-0.4, -0.2) is 19.4 Å². The van der Waals surface area contributed by atoms with Gasteiger partial charge in [0, 0.05) is 0 Å². The highest BCUT2D eigenvalue weighted by atomic mass is 79.9. The maximum absolute atomic E-state index is 11.8. The standard InChI is InChI=1S/C9H12BrN3OS/c10-8-5-12-9(6-11-8)13-15(14)7-3-1-2-4-7/h5-7H,1-4H2,(H,12,13). The molecule has 0 radical (unpaired) electrons. The van der Waals surface area contributed by atoms with Crippen LogP contribution in [0.2, 0.25) is 0 Å². The van der Waals surface area contributed by atoms with Crippen molar-refractivity contribution in [1.82, 2.24) is 9.97 Å². The highest BCUT2D eigenvalue weighted by Crippen LogP contribution is 2.23. The lowest BCUT2D eigenvalue weighted by atomic mass is 10.4. The van der Waals surface area contributed by atoms with Gasteiger partial charge in [0.15, 0.2) is 5.82 Å². The highest BCUT2D eigenvalue weighted by Gasteiger charge is 2.21. The molecule has 0 saturated heterocycles. The van der Waals surface area contributed by atoms with Crippen LogP contribution in [0, 0.1) is 0 Å². The van der Waals surface area contributed by atoms with Gasteiger partial charge in [-0.1, -0.05) is 12.8 Å². The van der Waals surface area contributed by atoms with Crippen LogP contribution in [0.3, 0.4) is 0 Å². The van der Waals surface area contributed by atoms with E-state index in [4.69, 9.17) is 0 Å². The minimum absolute atomic E-state index is 0.274. The zero-order valence-corrected chi connectivity index (χ0v) is 10.6. The fourth-order valence-corrected chi connectivity index (χ4v) is 3.10. The Labute approximate surface area is 99.6 Å². The first-order valence-corrected chi connectivity index (χ1v) is 6.91. The van der Waals surface area contributed by atoms with E-state index >= 15 is 0 Å². The Balaban J connectivity index is 1.96. The Morgan fingerprint density at radius 3 is 2.67 bits per heavy atom. The van der Waals surface area contributed by atoms with E-state index in [0.717, 1.165) is 12.8 Å². The highest BCUT2D eigenvalue weighted by molar-refractivity contribution is 9.10. The molecule has 1 aromatic heterocycles. The normalized spacial score (nSPS) is 19.0. The Morgan fingerprint density at radius 1 is 1.33 bits per heavy atom. The van der Waals surface area contributed by atoms with Crippen molar-refractivity contribution in [2.45, 2.75) is 30.9 Å². The Morgan fingerprint density at radius 2 is 2.07 bits per heavy atom. The molecule has 0 aromatic carbocycles. The number of rotatable bonds is 3. The van der Waals surface area contributed by atoms with E-state index in [2.05, 4.69) is 30.6 Å². The smallest absolute Gasteiger partial charge is 0.156 e. The fraction of sp³-hybridized carbons (Fsp3) is 0.556. The van der Waals surface area contributed by atoms with Gasteiger partial charge < -0.3 is 0 Å². The van der Waals surface area contributed by atoms with Crippen molar-refractivity contribution in [2.75, 3.05) is 4.72 Å². The lowest BCUT2D eigenvalue weighted by Gasteiger charge is -2.09. The second-order valence-electron chi connectivity index (χ2n) is 3.53. The predicted molar refractivity (Wildman–Crippen MR) is 63.8 cm³/mol. The largest absolute Gasteiger partial charge is 0.288 e. The zero-order chi connectivity index (χ0) is 10.7. The summed E-state index contributed by atoms with van der Waals surface area (Å²) in [5, 5.41) is 0.274. The molecule has 1 aliphatic rings. The van der Waals surface area contributed by atoms with Crippen LogP contribution >= 0.6 is 15.9 Å². The third kappa shape index (κ3) is 2.98. The third-order valence-electron chi connectivity index (χ3n) is 2.43. The summed E-state index contributed by atoms with van der Waals surface area (Å²) >= 11 is 3.20. The maximum atomic E-state index is 11.8. The molecule has 1 aromatic rings. The average Bonchev–Trinajstić information content (AvgIpc) is 2.74. The van der Waals surface area contributed by atoms with Crippen molar-refractivity contribution in [3.8, 4) is 0 Å². The van der Waals surface area contributed by atoms with Crippen LogP contribution in [0.1, 0.15) is 25.7 Å². The van der Waals surface area contributed by atoms with Crippen LogP contribution in [-0.2, 0) is 11.0 Å². The fourth-order valence-electron chi connectivity index (χ4n) is 1.65. The topological polar surface area (TPSA) is 54.9 Å². The molecule has 0 bridgehead atoms. The SMILES string of the molecule is O=S(Nc1cnc(Br)cn1)C1CCCC1. The Bertz CT molecular complexity index is 351. The van der Waals surface area contributed by atoms with Crippen molar-refractivity contribution >= 4 is 32.7 Å². The van der Waals surface area contributed by atoms with Gasteiger partial charge in [-0.2, -0.15) is 0 Å². The van der Waals surface area contributed by atoms with Gasteiger partial charge in [-0.3, -0.25) is 4.72 Å². The van der Waals surface area contributed by atoms with Gasteiger partial charge in [0.05, 0.1) is 17.6 Å². The molecule has 1 atom stereocenters.